The molecule has 1 N–H and O–H groups in total. The van der Waals surface area contributed by atoms with Crippen molar-refractivity contribution in [2.24, 2.45) is 11.0 Å². The average molecular weight is 399 g/mol. The second-order valence-electron chi connectivity index (χ2n) is 7.49. The Morgan fingerprint density at radius 1 is 1.34 bits per heavy atom. The summed E-state index contributed by atoms with van der Waals surface area (Å²) in [7, 11) is 1.60. The van der Waals surface area contributed by atoms with E-state index in [1.54, 1.807) is 31.7 Å². The molecule has 156 valence electrons. The molecule has 7 nitrogen and oxygen atoms in total. The summed E-state index contributed by atoms with van der Waals surface area (Å²) in [5, 5.41) is 9.31. The first-order valence-electron chi connectivity index (χ1n) is 10.0. The van der Waals surface area contributed by atoms with Crippen LogP contribution in [0.25, 0.3) is 0 Å². The lowest BCUT2D eigenvalue weighted by Crippen LogP contribution is -2.44. The van der Waals surface area contributed by atoms with Crippen LogP contribution in [0.1, 0.15) is 38.9 Å². The van der Waals surface area contributed by atoms with Gasteiger partial charge in [0, 0.05) is 18.3 Å². The number of piperidine rings is 1. The van der Waals surface area contributed by atoms with Crippen LogP contribution in [-0.2, 0) is 4.79 Å². The number of hydrogen-bond donors (Lipinski definition) is 1. The molecule has 1 atom stereocenters. The smallest absolute Gasteiger partial charge is 0.248 e. The first kappa shape index (κ1) is 20.8. The minimum atomic E-state index is -0.322. The molecular weight excluding hydrogens is 370 g/mol. The van der Waals surface area contributed by atoms with Gasteiger partial charge in [0.1, 0.15) is 11.8 Å². The highest BCUT2D eigenvalue weighted by Crippen LogP contribution is 2.31. The molecular formula is C22H29N3O4. The Bertz CT molecular complexity index is 817. The van der Waals surface area contributed by atoms with E-state index in [0.29, 0.717) is 35.5 Å². The lowest BCUT2D eigenvalue weighted by atomic mass is 10.0. The zero-order valence-corrected chi connectivity index (χ0v) is 17.3. The number of nitrogens with zero attached hydrogens (tertiary/aromatic N) is 2. The fraction of sp³-hybridized carbons (Fsp3) is 0.455. The van der Waals surface area contributed by atoms with Gasteiger partial charge in [0.25, 0.3) is 0 Å². The van der Waals surface area contributed by atoms with Crippen LogP contribution in [0.15, 0.2) is 46.1 Å². The molecule has 1 aliphatic rings. The van der Waals surface area contributed by atoms with Crippen LogP contribution >= 0.6 is 0 Å². The van der Waals surface area contributed by atoms with Gasteiger partial charge in [0.05, 0.1) is 26.2 Å². The molecule has 0 spiro atoms. The fourth-order valence-electron chi connectivity index (χ4n) is 3.17. The molecule has 2 heterocycles. The van der Waals surface area contributed by atoms with Gasteiger partial charge in [-0.25, -0.2) is 0 Å². The van der Waals surface area contributed by atoms with Crippen molar-refractivity contribution in [1.29, 1.82) is 0 Å². The second-order valence-corrected chi connectivity index (χ2v) is 7.49. The number of amides is 1. The van der Waals surface area contributed by atoms with E-state index >= 15 is 0 Å². The van der Waals surface area contributed by atoms with E-state index in [0.717, 1.165) is 25.8 Å². The van der Waals surface area contributed by atoms with E-state index in [9.17, 15) is 4.79 Å². The van der Waals surface area contributed by atoms with Gasteiger partial charge in [-0.1, -0.05) is 13.8 Å². The van der Waals surface area contributed by atoms with Crippen LogP contribution in [-0.4, -0.2) is 43.4 Å². The average Bonchev–Trinajstić information content (AvgIpc) is 3.24. The molecule has 0 radical (unpaired) electrons. The summed E-state index contributed by atoms with van der Waals surface area (Å²) in [4.78, 5) is 12.9. The number of ether oxygens (including phenoxy) is 2. The highest BCUT2D eigenvalue weighted by molar-refractivity contribution is 5.95. The number of carbonyl (C=O) groups is 1. The van der Waals surface area contributed by atoms with Crippen molar-refractivity contribution in [2.45, 2.75) is 39.2 Å². The van der Waals surface area contributed by atoms with Gasteiger partial charge < -0.3 is 19.2 Å². The van der Waals surface area contributed by atoms with Crippen molar-refractivity contribution in [3.05, 3.63) is 42.4 Å². The number of anilines is 1. The Labute approximate surface area is 171 Å². The molecule has 7 heteroatoms. The predicted octanol–water partition coefficient (Wildman–Crippen LogP) is 4.15. The quantitative estimate of drug-likeness (QED) is 0.675. The SMILES string of the molecule is COc1ccc(NC(=O)C2CCCCN2/N=C/c2ccco2)cc1OCC(C)C. The van der Waals surface area contributed by atoms with Gasteiger partial charge in [-0.3, -0.25) is 9.80 Å². The minimum absolute atomic E-state index is 0.0822. The summed E-state index contributed by atoms with van der Waals surface area (Å²) in [6.45, 7) is 5.48. The maximum atomic E-state index is 12.9. The fourth-order valence-corrected chi connectivity index (χ4v) is 3.17. The third-order valence-corrected chi connectivity index (χ3v) is 4.66. The van der Waals surface area contributed by atoms with E-state index in [1.165, 1.54) is 0 Å². The Balaban J connectivity index is 1.69. The molecule has 1 aromatic carbocycles. The molecule has 3 rings (SSSR count). The van der Waals surface area contributed by atoms with E-state index in [4.69, 9.17) is 13.9 Å². The predicted molar refractivity (Wildman–Crippen MR) is 113 cm³/mol. The summed E-state index contributed by atoms with van der Waals surface area (Å²) < 4.78 is 16.5. The number of hydrazone groups is 1. The van der Waals surface area contributed by atoms with Crippen LogP contribution in [0.3, 0.4) is 0 Å². The molecule has 1 aliphatic heterocycles. The summed E-state index contributed by atoms with van der Waals surface area (Å²) in [5.41, 5.74) is 0.676. The van der Waals surface area contributed by atoms with Gasteiger partial charge in [0.2, 0.25) is 5.91 Å². The second kappa shape index (κ2) is 10.0. The molecule has 0 aliphatic carbocycles. The van der Waals surface area contributed by atoms with Crippen molar-refractivity contribution in [3.8, 4) is 11.5 Å². The molecule has 0 saturated carbocycles. The minimum Gasteiger partial charge on any atom is -0.493 e. The number of carbonyl (C=O) groups excluding carboxylic acids is 1. The number of benzene rings is 1. The van der Waals surface area contributed by atoms with Crippen molar-refractivity contribution in [2.75, 3.05) is 25.6 Å². The van der Waals surface area contributed by atoms with Crippen molar-refractivity contribution >= 4 is 17.8 Å². The lowest BCUT2D eigenvalue weighted by Gasteiger charge is -2.32. The Hall–Kier alpha value is -2.96. The van der Waals surface area contributed by atoms with E-state index < -0.39 is 0 Å². The van der Waals surface area contributed by atoms with Crippen LogP contribution in [0, 0.1) is 5.92 Å². The van der Waals surface area contributed by atoms with Gasteiger partial charge in [-0.2, -0.15) is 5.10 Å². The summed E-state index contributed by atoms with van der Waals surface area (Å²) in [6.07, 6.45) is 6.01. The van der Waals surface area contributed by atoms with Gasteiger partial charge in [-0.05, 0) is 49.4 Å². The molecule has 1 unspecified atom stereocenters. The maximum Gasteiger partial charge on any atom is 0.248 e. The van der Waals surface area contributed by atoms with Crippen LogP contribution < -0.4 is 14.8 Å². The van der Waals surface area contributed by atoms with E-state index in [-0.39, 0.29) is 11.9 Å². The van der Waals surface area contributed by atoms with Crippen LogP contribution in [0.5, 0.6) is 11.5 Å². The highest BCUT2D eigenvalue weighted by atomic mass is 16.5. The molecule has 1 amide bonds. The van der Waals surface area contributed by atoms with Crippen molar-refractivity contribution in [3.63, 3.8) is 0 Å². The van der Waals surface area contributed by atoms with Crippen molar-refractivity contribution in [1.82, 2.24) is 5.01 Å². The first-order chi connectivity index (χ1) is 14.1. The lowest BCUT2D eigenvalue weighted by molar-refractivity contribution is -0.122. The van der Waals surface area contributed by atoms with E-state index in [2.05, 4.69) is 24.3 Å². The standard InChI is InChI=1S/C22H29N3O4/c1-16(2)15-29-21-13-17(9-10-20(21)27-3)24-22(26)19-8-4-5-11-25(19)23-14-18-7-6-12-28-18/h6-7,9-10,12-14,16,19H,4-5,8,11,15H2,1-3H3,(H,24,26)/b23-14+. The maximum absolute atomic E-state index is 12.9. The zero-order valence-electron chi connectivity index (χ0n) is 17.3. The molecule has 29 heavy (non-hydrogen) atoms. The molecule has 1 aromatic heterocycles. The normalized spacial score (nSPS) is 17.0. The van der Waals surface area contributed by atoms with Gasteiger partial charge in [-0.15, -0.1) is 0 Å². The van der Waals surface area contributed by atoms with Gasteiger partial charge >= 0.3 is 0 Å². The monoisotopic (exact) mass is 399 g/mol. The molecule has 0 bridgehead atoms. The first-order valence-corrected chi connectivity index (χ1v) is 10.0. The number of nitrogens with one attached hydrogen (secondary N) is 1. The summed E-state index contributed by atoms with van der Waals surface area (Å²) in [5.74, 6) is 2.24. The third kappa shape index (κ3) is 5.76. The summed E-state index contributed by atoms with van der Waals surface area (Å²) in [6, 6.07) is 8.75. The molecule has 1 fully saturated rings. The van der Waals surface area contributed by atoms with Crippen LogP contribution in [0.2, 0.25) is 0 Å². The molecule has 1 saturated heterocycles. The molecule has 2 aromatic rings. The number of rotatable bonds is 8. The number of furan rings is 1. The summed E-state index contributed by atoms with van der Waals surface area (Å²) >= 11 is 0. The van der Waals surface area contributed by atoms with E-state index in [1.807, 2.05) is 23.2 Å². The number of hydrogen-bond acceptors (Lipinski definition) is 6. The van der Waals surface area contributed by atoms with Crippen LogP contribution in [0.4, 0.5) is 5.69 Å². The largest absolute Gasteiger partial charge is 0.493 e. The van der Waals surface area contributed by atoms with Crippen molar-refractivity contribution < 1.29 is 18.7 Å². The zero-order chi connectivity index (χ0) is 20.6. The third-order valence-electron chi connectivity index (χ3n) is 4.66. The van der Waals surface area contributed by atoms with Gasteiger partial charge in [0.15, 0.2) is 11.5 Å². The highest BCUT2D eigenvalue weighted by Gasteiger charge is 2.28. The topological polar surface area (TPSA) is 76.3 Å². The number of methoxy groups -OCH3 is 1. The Morgan fingerprint density at radius 3 is 2.93 bits per heavy atom. The Morgan fingerprint density at radius 2 is 2.21 bits per heavy atom. The Kier molecular flexibility index (Phi) is 7.16.